The Hall–Kier alpha value is -1.14. The van der Waals surface area contributed by atoms with Crippen molar-refractivity contribution < 1.29 is 28.9 Å². The monoisotopic (exact) mass is 516 g/mol. The van der Waals surface area contributed by atoms with Gasteiger partial charge in [-0.2, -0.15) is 0 Å². The van der Waals surface area contributed by atoms with Crippen LogP contribution in [0.1, 0.15) is 105 Å². The zero-order chi connectivity index (χ0) is 26.2. The Balaban J connectivity index is 1.13. The van der Waals surface area contributed by atoms with Crippen molar-refractivity contribution in [2.45, 2.75) is 123 Å². The standard InChI is InChI=1S/C31H48O6/c1-18-9-14-31(35-17-18)19(2)28-25(37-31)16-24-22-6-5-20-15-21(36-27(34)8-7-26(32)33)10-12-29(20,3)23(22)11-13-30(24,28)4/h18-25,28H,5-17H2,1-4H3,(H,32,33)/t18-,19+,20+,21-,22-,23+,24+,25+,28+,29+,30+,31-/m1/s1. The highest BCUT2D eigenvalue weighted by Gasteiger charge is 2.69. The maximum absolute atomic E-state index is 12.2. The van der Waals surface area contributed by atoms with Gasteiger partial charge in [-0.1, -0.05) is 27.7 Å². The maximum Gasteiger partial charge on any atom is 0.306 e. The Morgan fingerprint density at radius 2 is 1.70 bits per heavy atom. The van der Waals surface area contributed by atoms with E-state index in [1.165, 1.54) is 38.5 Å². The first-order chi connectivity index (χ1) is 17.6. The molecule has 2 heterocycles. The van der Waals surface area contributed by atoms with E-state index in [9.17, 15) is 9.59 Å². The van der Waals surface area contributed by atoms with Gasteiger partial charge >= 0.3 is 11.9 Å². The van der Waals surface area contributed by atoms with Crippen LogP contribution >= 0.6 is 0 Å². The van der Waals surface area contributed by atoms with E-state index < -0.39 is 5.97 Å². The van der Waals surface area contributed by atoms with Gasteiger partial charge in [-0.15, -0.1) is 0 Å². The number of carbonyl (C=O) groups excluding carboxylic acids is 1. The van der Waals surface area contributed by atoms with E-state index in [1.807, 2.05) is 0 Å². The highest BCUT2D eigenvalue weighted by molar-refractivity contribution is 5.76. The van der Waals surface area contributed by atoms with Crippen LogP contribution in [-0.4, -0.2) is 41.6 Å². The molecule has 0 amide bonds. The number of ether oxygens (including phenoxy) is 3. The van der Waals surface area contributed by atoms with E-state index in [2.05, 4.69) is 27.7 Å². The fraction of sp³-hybridized carbons (Fsp3) is 0.935. The van der Waals surface area contributed by atoms with Gasteiger partial charge in [0, 0.05) is 12.3 Å². The Morgan fingerprint density at radius 1 is 0.919 bits per heavy atom. The molecule has 208 valence electrons. The summed E-state index contributed by atoms with van der Waals surface area (Å²) < 4.78 is 19.2. The predicted molar refractivity (Wildman–Crippen MR) is 138 cm³/mol. The predicted octanol–water partition coefficient (Wildman–Crippen LogP) is 6.21. The van der Waals surface area contributed by atoms with Crippen molar-refractivity contribution in [1.29, 1.82) is 0 Å². The van der Waals surface area contributed by atoms with Crippen molar-refractivity contribution >= 4 is 11.9 Å². The second-order valence-corrected chi connectivity index (χ2v) is 14.5. The smallest absolute Gasteiger partial charge is 0.306 e. The molecule has 0 unspecified atom stereocenters. The number of fused-ring (bicyclic) bond motifs is 7. The number of hydrogen-bond acceptors (Lipinski definition) is 5. The first-order valence-electron chi connectivity index (χ1n) is 15.3. The zero-order valence-electron chi connectivity index (χ0n) is 23.4. The minimum absolute atomic E-state index is 0.0209. The number of aliphatic carboxylic acids is 1. The van der Waals surface area contributed by atoms with E-state index >= 15 is 0 Å². The van der Waals surface area contributed by atoms with E-state index in [0.29, 0.717) is 40.6 Å². The summed E-state index contributed by atoms with van der Waals surface area (Å²) >= 11 is 0. The van der Waals surface area contributed by atoms with Gasteiger partial charge in [0.25, 0.3) is 0 Å². The molecule has 6 nitrogen and oxygen atoms in total. The second kappa shape index (κ2) is 9.21. The molecule has 0 bridgehead atoms. The molecule has 2 saturated heterocycles. The van der Waals surface area contributed by atoms with Gasteiger partial charge in [-0.05, 0) is 104 Å². The molecule has 12 atom stereocenters. The zero-order valence-corrected chi connectivity index (χ0v) is 23.4. The molecule has 37 heavy (non-hydrogen) atoms. The van der Waals surface area contributed by atoms with E-state index in [4.69, 9.17) is 19.3 Å². The lowest BCUT2D eigenvalue weighted by molar-refractivity contribution is -0.273. The van der Waals surface area contributed by atoms with Gasteiger partial charge in [-0.25, -0.2) is 0 Å². The van der Waals surface area contributed by atoms with Crippen molar-refractivity contribution in [2.75, 3.05) is 6.61 Å². The fourth-order valence-electron chi connectivity index (χ4n) is 10.8. The Kier molecular flexibility index (Phi) is 6.50. The number of carboxylic acids is 1. The third-order valence-corrected chi connectivity index (χ3v) is 12.7. The molecule has 6 rings (SSSR count). The van der Waals surface area contributed by atoms with Crippen LogP contribution < -0.4 is 0 Å². The average molecular weight is 517 g/mol. The van der Waals surface area contributed by atoms with Crippen molar-refractivity contribution in [1.82, 2.24) is 0 Å². The quantitative estimate of drug-likeness (QED) is 0.448. The van der Waals surface area contributed by atoms with Crippen LogP contribution in [0.25, 0.3) is 0 Å². The lowest BCUT2D eigenvalue weighted by Gasteiger charge is -2.61. The summed E-state index contributed by atoms with van der Waals surface area (Å²) in [5.74, 6) is 2.96. The summed E-state index contributed by atoms with van der Waals surface area (Å²) in [5, 5.41) is 8.87. The molecule has 6 heteroatoms. The molecule has 6 fully saturated rings. The SMILES string of the molecule is C[C@@H]1CC[C@@]2(OC1)O[C@H]1C[C@H]3[C@@H]4CC[C@H]5C[C@H](OC(=O)CCC(=O)O)CC[C@]5(C)[C@H]4CC[C@]3(C)[C@H]1[C@@H]2C. The molecule has 0 aromatic rings. The third kappa shape index (κ3) is 4.10. The molecular weight excluding hydrogens is 468 g/mol. The van der Waals surface area contributed by atoms with Gasteiger partial charge in [0.15, 0.2) is 5.79 Å². The Morgan fingerprint density at radius 3 is 2.43 bits per heavy atom. The number of esters is 1. The van der Waals surface area contributed by atoms with Gasteiger partial charge < -0.3 is 19.3 Å². The largest absolute Gasteiger partial charge is 0.481 e. The molecule has 0 aromatic carbocycles. The Bertz CT molecular complexity index is 909. The third-order valence-electron chi connectivity index (χ3n) is 12.7. The Labute approximate surface area is 222 Å². The molecule has 0 radical (unpaired) electrons. The molecular formula is C31H48O6. The van der Waals surface area contributed by atoms with Crippen molar-refractivity contribution in [3.8, 4) is 0 Å². The highest BCUT2D eigenvalue weighted by Crippen LogP contribution is 2.71. The van der Waals surface area contributed by atoms with E-state index in [1.54, 1.807) is 0 Å². The van der Waals surface area contributed by atoms with Gasteiger partial charge in [0.1, 0.15) is 6.10 Å². The summed E-state index contributed by atoms with van der Waals surface area (Å²) in [7, 11) is 0. The number of carbonyl (C=O) groups is 2. The fourth-order valence-corrected chi connectivity index (χ4v) is 10.8. The number of carboxylic acid groups (broad SMARTS) is 1. The first kappa shape index (κ1) is 26.1. The molecule has 0 aromatic heterocycles. The van der Waals surface area contributed by atoms with Crippen LogP contribution in [0.15, 0.2) is 0 Å². The number of hydrogen-bond donors (Lipinski definition) is 1. The maximum atomic E-state index is 12.2. The highest BCUT2D eigenvalue weighted by atomic mass is 16.7. The summed E-state index contributed by atoms with van der Waals surface area (Å²) in [4.78, 5) is 23.0. The second-order valence-electron chi connectivity index (χ2n) is 14.5. The molecule has 2 aliphatic heterocycles. The topological polar surface area (TPSA) is 82.1 Å². The van der Waals surface area contributed by atoms with Crippen molar-refractivity contribution in [3.63, 3.8) is 0 Å². The van der Waals surface area contributed by atoms with Crippen LogP contribution in [-0.2, 0) is 23.8 Å². The van der Waals surface area contributed by atoms with Gasteiger partial charge in [0.2, 0.25) is 0 Å². The molecule has 1 N–H and O–H groups in total. The summed E-state index contributed by atoms with van der Waals surface area (Å²) in [6.45, 7) is 10.7. The summed E-state index contributed by atoms with van der Waals surface area (Å²) in [6, 6.07) is 0. The van der Waals surface area contributed by atoms with Crippen molar-refractivity contribution in [2.24, 2.45) is 52.3 Å². The minimum Gasteiger partial charge on any atom is -0.481 e. The van der Waals surface area contributed by atoms with Crippen LogP contribution in [0.4, 0.5) is 0 Å². The first-order valence-corrected chi connectivity index (χ1v) is 15.3. The van der Waals surface area contributed by atoms with Crippen LogP contribution in [0.3, 0.4) is 0 Å². The average Bonchev–Trinajstić information content (AvgIpc) is 3.30. The molecule has 4 saturated carbocycles. The summed E-state index contributed by atoms with van der Waals surface area (Å²) in [6.07, 6.45) is 11.7. The molecule has 4 aliphatic carbocycles. The molecule has 6 aliphatic rings. The normalized spacial score (nSPS) is 52.6. The van der Waals surface area contributed by atoms with Gasteiger partial charge in [0.05, 0.1) is 25.6 Å². The van der Waals surface area contributed by atoms with E-state index in [0.717, 1.165) is 50.0 Å². The lowest BCUT2D eigenvalue weighted by Crippen LogP contribution is -2.55. The lowest BCUT2D eigenvalue weighted by atomic mass is 9.44. The van der Waals surface area contributed by atoms with Gasteiger partial charge in [-0.3, -0.25) is 9.59 Å². The van der Waals surface area contributed by atoms with Crippen LogP contribution in [0.5, 0.6) is 0 Å². The van der Waals surface area contributed by atoms with E-state index in [-0.39, 0.29) is 30.7 Å². The van der Waals surface area contributed by atoms with Crippen LogP contribution in [0, 0.1) is 52.3 Å². The minimum atomic E-state index is -0.942. The summed E-state index contributed by atoms with van der Waals surface area (Å²) in [5.41, 5.74) is 0.670. The number of rotatable bonds is 4. The van der Waals surface area contributed by atoms with Crippen molar-refractivity contribution in [3.05, 3.63) is 0 Å². The van der Waals surface area contributed by atoms with Crippen LogP contribution in [0.2, 0.25) is 0 Å². The molecule has 1 spiro atoms.